The molecule has 3 rings (SSSR count). The summed E-state index contributed by atoms with van der Waals surface area (Å²) in [6, 6.07) is 7.07. The fraction of sp³-hybridized carbons (Fsp3) is 0.435. The minimum atomic E-state index is -0.913. The van der Waals surface area contributed by atoms with Gasteiger partial charge in [-0.15, -0.1) is 0 Å². The Morgan fingerprint density at radius 3 is 2.67 bits per heavy atom. The van der Waals surface area contributed by atoms with E-state index in [9.17, 15) is 14.4 Å². The van der Waals surface area contributed by atoms with Crippen molar-refractivity contribution in [1.82, 2.24) is 5.32 Å². The Kier molecular flexibility index (Phi) is 6.66. The van der Waals surface area contributed by atoms with Gasteiger partial charge in [0.25, 0.3) is 0 Å². The highest BCUT2D eigenvalue weighted by molar-refractivity contribution is 6.30. The molecule has 0 aromatic heterocycles. The largest absolute Gasteiger partial charge is 0.468 e. The number of ketones is 1. The second kappa shape index (κ2) is 9.04. The predicted octanol–water partition coefficient (Wildman–Crippen LogP) is 3.91. The molecule has 3 atom stereocenters. The van der Waals surface area contributed by atoms with Crippen molar-refractivity contribution in [3.63, 3.8) is 0 Å². The second-order valence-electron chi connectivity index (χ2n) is 7.73. The Bertz CT molecular complexity index is 949. The SMILES string of the molecule is CCCOC(=O)C1=C(C)NC2=C(C(=O)[C@@H](C(=O)OC)[C@H](C)C2)[C@@H]1c1cccc(Cl)c1. The van der Waals surface area contributed by atoms with Gasteiger partial charge in [-0.2, -0.15) is 0 Å². The number of carbonyl (C=O) groups is 3. The molecule has 0 fully saturated rings. The van der Waals surface area contributed by atoms with Gasteiger partial charge in [-0.1, -0.05) is 37.6 Å². The molecule has 160 valence electrons. The maximum Gasteiger partial charge on any atom is 0.336 e. The van der Waals surface area contributed by atoms with Crippen LogP contribution in [0.4, 0.5) is 0 Å². The summed E-state index contributed by atoms with van der Waals surface area (Å²) in [6.07, 6.45) is 1.18. The van der Waals surface area contributed by atoms with Crippen LogP contribution in [0, 0.1) is 11.8 Å². The van der Waals surface area contributed by atoms with Crippen molar-refractivity contribution in [2.45, 2.75) is 39.5 Å². The molecule has 6 nitrogen and oxygen atoms in total. The van der Waals surface area contributed by atoms with E-state index in [1.54, 1.807) is 25.1 Å². The van der Waals surface area contributed by atoms with E-state index in [2.05, 4.69) is 5.32 Å². The maximum absolute atomic E-state index is 13.5. The van der Waals surface area contributed by atoms with Crippen LogP contribution in [-0.2, 0) is 23.9 Å². The minimum Gasteiger partial charge on any atom is -0.468 e. The number of halogens is 1. The summed E-state index contributed by atoms with van der Waals surface area (Å²) in [5, 5.41) is 3.72. The Balaban J connectivity index is 2.16. The summed E-state index contributed by atoms with van der Waals surface area (Å²) in [5.74, 6) is -3.19. The van der Waals surface area contributed by atoms with Crippen LogP contribution in [0.3, 0.4) is 0 Å². The van der Waals surface area contributed by atoms with Crippen LogP contribution in [0.25, 0.3) is 0 Å². The number of rotatable bonds is 5. The van der Waals surface area contributed by atoms with Crippen molar-refractivity contribution in [3.8, 4) is 0 Å². The zero-order valence-electron chi connectivity index (χ0n) is 17.6. The van der Waals surface area contributed by atoms with E-state index in [1.165, 1.54) is 7.11 Å². The molecule has 1 aliphatic carbocycles. The molecule has 2 aliphatic rings. The molecule has 30 heavy (non-hydrogen) atoms. The molecule has 1 aliphatic heterocycles. The molecule has 1 aromatic carbocycles. The van der Waals surface area contributed by atoms with E-state index >= 15 is 0 Å². The molecule has 0 saturated carbocycles. The van der Waals surface area contributed by atoms with Gasteiger partial charge in [0.2, 0.25) is 0 Å². The van der Waals surface area contributed by atoms with Crippen LogP contribution in [-0.4, -0.2) is 31.4 Å². The lowest BCUT2D eigenvalue weighted by molar-refractivity contribution is -0.151. The fourth-order valence-corrected chi connectivity index (χ4v) is 4.44. The number of allylic oxidation sites excluding steroid dienone is 3. The van der Waals surface area contributed by atoms with Gasteiger partial charge in [0, 0.05) is 27.9 Å². The molecule has 0 bridgehead atoms. The van der Waals surface area contributed by atoms with Crippen LogP contribution in [0.15, 0.2) is 46.8 Å². The number of methoxy groups -OCH3 is 1. The normalized spacial score (nSPS) is 23.6. The number of carbonyl (C=O) groups excluding carboxylic acids is 3. The Morgan fingerprint density at radius 1 is 1.30 bits per heavy atom. The summed E-state index contributed by atoms with van der Waals surface area (Å²) < 4.78 is 10.3. The van der Waals surface area contributed by atoms with E-state index < -0.39 is 23.8 Å². The average Bonchev–Trinajstić information content (AvgIpc) is 2.70. The lowest BCUT2D eigenvalue weighted by Crippen LogP contribution is -2.43. The Labute approximate surface area is 181 Å². The van der Waals surface area contributed by atoms with Gasteiger partial charge in [-0.3, -0.25) is 9.59 Å². The van der Waals surface area contributed by atoms with E-state index in [4.69, 9.17) is 21.1 Å². The molecular formula is C23H26ClNO5. The summed E-state index contributed by atoms with van der Waals surface area (Å²) in [6.45, 7) is 5.84. The van der Waals surface area contributed by atoms with Crippen molar-refractivity contribution in [2.24, 2.45) is 11.8 Å². The van der Waals surface area contributed by atoms with Gasteiger partial charge >= 0.3 is 11.9 Å². The molecule has 1 N–H and O–H groups in total. The van der Waals surface area contributed by atoms with Gasteiger partial charge in [-0.25, -0.2) is 4.79 Å². The van der Waals surface area contributed by atoms with E-state index in [1.807, 2.05) is 19.9 Å². The number of esters is 2. The van der Waals surface area contributed by atoms with Gasteiger partial charge in [0.15, 0.2) is 5.78 Å². The lowest BCUT2D eigenvalue weighted by Gasteiger charge is -2.38. The number of dihydropyridines is 1. The lowest BCUT2D eigenvalue weighted by atomic mass is 9.69. The summed E-state index contributed by atoms with van der Waals surface area (Å²) in [5.41, 5.74) is 2.82. The zero-order valence-corrected chi connectivity index (χ0v) is 18.3. The highest BCUT2D eigenvalue weighted by Crippen LogP contribution is 2.45. The number of hydrogen-bond acceptors (Lipinski definition) is 6. The third-order valence-corrected chi connectivity index (χ3v) is 5.82. The number of Topliss-reactive ketones (excluding diaryl/α,β-unsaturated/α-hetero) is 1. The fourth-order valence-electron chi connectivity index (χ4n) is 4.24. The van der Waals surface area contributed by atoms with E-state index in [0.717, 1.165) is 5.70 Å². The van der Waals surface area contributed by atoms with Crippen LogP contribution in [0.2, 0.25) is 5.02 Å². The number of ether oxygens (including phenoxy) is 2. The van der Waals surface area contributed by atoms with Crippen molar-refractivity contribution in [1.29, 1.82) is 0 Å². The molecule has 0 spiro atoms. The van der Waals surface area contributed by atoms with Crippen molar-refractivity contribution in [2.75, 3.05) is 13.7 Å². The van der Waals surface area contributed by atoms with Gasteiger partial charge < -0.3 is 14.8 Å². The molecular weight excluding hydrogens is 406 g/mol. The smallest absolute Gasteiger partial charge is 0.336 e. The number of hydrogen-bond donors (Lipinski definition) is 1. The van der Waals surface area contributed by atoms with Gasteiger partial charge in [0.05, 0.1) is 19.3 Å². The molecule has 0 unspecified atom stereocenters. The summed E-state index contributed by atoms with van der Waals surface area (Å²) >= 11 is 6.22. The average molecular weight is 432 g/mol. The summed E-state index contributed by atoms with van der Waals surface area (Å²) in [7, 11) is 1.28. The van der Waals surface area contributed by atoms with Gasteiger partial charge in [0.1, 0.15) is 5.92 Å². The Hall–Kier alpha value is -2.60. The first-order valence-electron chi connectivity index (χ1n) is 10.1. The van der Waals surface area contributed by atoms with Gasteiger partial charge in [-0.05, 0) is 43.4 Å². The van der Waals surface area contributed by atoms with Crippen molar-refractivity contribution >= 4 is 29.3 Å². The minimum absolute atomic E-state index is 0.224. The van der Waals surface area contributed by atoms with E-state index in [0.29, 0.717) is 40.3 Å². The molecule has 1 aromatic rings. The zero-order chi connectivity index (χ0) is 22.0. The monoisotopic (exact) mass is 431 g/mol. The third kappa shape index (κ3) is 4.01. The first kappa shape index (κ1) is 22.1. The maximum atomic E-state index is 13.5. The highest BCUT2D eigenvalue weighted by Gasteiger charge is 2.47. The van der Waals surface area contributed by atoms with Crippen LogP contribution in [0.5, 0.6) is 0 Å². The summed E-state index contributed by atoms with van der Waals surface area (Å²) in [4.78, 5) is 38.9. The molecule has 0 amide bonds. The number of nitrogens with one attached hydrogen (secondary N) is 1. The topological polar surface area (TPSA) is 81.7 Å². The van der Waals surface area contributed by atoms with Crippen LogP contribution >= 0.6 is 11.6 Å². The van der Waals surface area contributed by atoms with E-state index in [-0.39, 0.29) is 18.3 Å². The molecule has 0 saturated heterocycles. The molecule has 1 heterocycles. The Morgan fingerprint density at radius 2 is 2.03 bits per heavy atom. The molecule has 7 heteroatoms. The standard InChI is InChI=1S/C23H26ClNO5/c1-5-9-30-23(28)18-13(3)25-16-10-12(2)17(22(27)29-4)21(26)20(16)19(18)14-7-6-8-15(24)11-14/h6-8,11-12,17,19,25H,5,9-10H2,1-4H3/t12-,17+,19-/m1/s1. The first-order chi connectivity index (χ1) is 14.3. The third-order valence-electron chi connectivity index (χ3n) is 5.58. The highest BCUT2D eigenvalue weighted by atomic mass is 35.5. The predicted molar refractivity (Wildman–Crippen MR) is 113 cm³/mol. The van der Waals surface area contributed by atoms with Crippen LogP contribution in [0.1, 0.15) is 45.1 Å². The first-order valence-corrected chi connectivity index (χ1v) is 10.4. The van der Waals surface area contributed by atoms with Crippen molar-refractivity contribution in [3.05, 3.63) is 57.4 Å². The second-order valence-corrected chi connectivity index (χ2v) is 8.16. The van der Waals surface area contributed by atoms with Crippen molar-refractivity contribution < 1.29 is 23.9 Å². The number of benzene rings is 1. The molecule has 0 radical (unpaired) electrons. The quantitative estimate of drug-likeness (QED) is 0.562. The van der Waals surface area contributed by atoms with Crippen LogP contribution < -0.4 is 5.32 Å².